The second-order valence-electron chi connectivity index (χ2n) is 5.69. The number of benzene rings is 1. The molecule has 1 aliphatic rings. The summed E-state index contributed by atoms with van der Waals surface area (Å²) in [5, 5.41) is 10.1. The van der Waals surface area contributed by atoms with Gasteiger partial charge in [-0.05, 0) is 39.4 Å². The van der Waals surface area contributed by atoms with Gasteiger partial charge >= 0.3 is 0 Å². The summed E-state index contributed by atoms with van der Waals surface area (Å²) in [5.74, 6) is 0.430. The van der Waals surface area contributed by atoms with Crippen molar-refractivity contribution >= 4 is 0 Å². The van der Waals surface area contributed by atoms with E-state index in [-0.39, 0.29) is 0 Å². The highest BCUT2D eigenvalue weighted by Crippen LogP contribution is 2.33. The molecule has 0 saturated carbocycles. The van der Waals surface area contributed by atoms with Crippen LogP contribution in [0, 0.1) is 0 Å². The topological polar surface area (TPSA) is 26.7 Å². The van der Waals surface area contributed by atoms with E-state index in [1.54, 1.807) is 6.07 Å². The van der Waals surface area contributed by atoms with E-state index in [4.69, 9.17) is 0 Å². The maximum Gasteiger partial charge on any atom is 0.120 e. The molecule has 2 atom stereocenters. The lowest BCUT2D eigenvalue weighted by atomic mass is 10.00. The first-order valence-electron chi connectivity index (χ1n) is 7.35. The number of likely N-dealkylation sites (N-methyl/N-ethyl adjacent to an activating group) is 1. The number of aromatic hydroxyl groups is 1. The van der Waals surface area contributed by atoms with Gasteiger partial charge in [0.15, 0.2) is 0 Å². The summed E-state index contributed by atoms with van der Waals surface area (Å²) in [5.41, 5.74) is 1.07. The summed E-state index contributed by atoms with van der Waals surface area (Å²) < 4.78 is 0. The fraction of sp³-hybridized carbons (Fsp3) is 0.625. The number of hydrogen-bond donors (Lipinski definition) is 1. The van der Waals surface area contributed by atoms with Crippen LogP contribution in [0.3, 0.4) is 0 Å². The lowest BCUT2D eigenvalue weighted by molar-refractivity contribution is 0.137. The molecule has 0 radical (unpaired) electrons. The number of hydrogen-bond acceptors (Lipinski definition) is 3. The van der Waals surface area contributed by atoms with E-state index >= 15 is 0 Å². The van der Waals surface area contributed by atoms with Crippen molar-refractivity contribution in [2.24, 2.45) is 0 Å². The van der Waals surface area contributed by atoms with Crippen LogP contribution in [0.15, 0.2) is 24.3 Å². The zero-order valence-electron chi connectivity index (χ0n) is 12.3. The molecule has 1 aromatic rings. The van der Waals surface area contributed by atoms with Crippen molar-refractivity contribution < 1.29 is 5.11 Å². The zero-order chi connectivity index (χ0) is 13.8. The highest BCUT2D eigenvalue weighted by Gasteiger charge is 2.27. The predicted molar refractivity (Wildman–Crippen MR) is 79.4 cm³/mol. The van der Waals surface area contributed by atoms with Gasteiger partial charge in [0.2, 0.25) is 0 Å². The number of nitrogens with zero attached hydrogens (tertiary/aromatic N) is 2. The average molecular weight is 262 g/mol. The van der Waals surface area contributed by atoms with Crippen LogP contribution in [0.4, 0.5) is 0 Å². The number of rotatable bonds is 3. The highest BCUT2D eigenvalue weighted by molar-refractivity contribution is 5.34. The van der Waals surface area contributed by atoms with Gasteiger partial charge in [0.1, 0.15) is 5.75 Å². The predicted octanol–water partition coefficient (Wildman–Crippen LogP) is 2.87. The summed E-state index contributed by atoms with van der Waals surface area (Å²) in [6.07, 6.45) is 2.23. The molecule has 1 fully saturated rings. The fourth-order valence-corrected chi connectivity index (χ4v) is 3.26. The van der Waals surface area contributed by atoms with Gasteiger partial charge in [0.05, 0.1) is 0 Å². The summed E-state index contributed by atoms with van der Waals surface area (Å²) in [7, 11) is 2.20. The Morgan fingerprint density at radius 1 is 1.32 bits per heavy atom. The molecule has 106 valence electrons. The molecule has 0 spiro atoms. The van der Waals surface area contributed by atoms with Gasteiger partial charge in [-0.15, -0.1) is 0 Å². The van der Waals surface area contributed by atoms with Crippen molar-refractivity contribution in [3.8, 4) is 5.75 Å². The van der Waals surface area contributed by atoms with E-state index in [1.165, 1.54) is 6.42 Å². The van der Waals surface area contributed by atoms with Crippen molar-refractivity contribution in [1.82, 2.24) is 9.80 Å². The smallest absolute Gasteiger partial charge is 0.120 e. The van der Waals surface area contributed by atoms with E-state index in [2.05, 4.69) is 36.8 Å². The largest absolute Gasteiger partial charge is 0.508 e. The molecule has 2 rings (SSSR count). The van der Waals surface area contributed by atoms with Crippen LogP contribution in [-0.4, -0.2) is 47.6 Å². The van der Waals surface area contributed by atoms with Gasteiger partial charge < -0.3 is 10.0 Å². The molecular weight excluding hydrogens is 236 g/mol. The average Bonchev–Trinajstić information content (AvgIpc) is 2.54. The Morgan fingerprint density at radius 2 is 2.05 bits per heavy atom. The van der Waals surface area contributed by atoms with Crippen molar-refractivity contribution in [1.29, 1.82) is 0 Å². The summed E-state index contributed by atoms with van der Waals surface area (Å²) in [6.45, 7) is 7.88. The molecule has 0 amide bonds. The van der Waals surface area contributed by atoms with Gasteiger partial charge in [0, 0.05) is 30.7 Å². The molecule has 2 unspecified atom stereocenters. The Labute approximate surface area is 116 Å². The Morgan fingerprint density at radius 3 is 2.74 bits per heavy atom. The molecule has 1 heterocycles. The van der Waals surface area contributed by atoms with E-state index in [9.17, 15) is 5.11 Å². The normalized spacial score (nSPS) is 24.1. The van der Waals surface area contributed by atoms with Crippen molar-refractivity contribution in [3.63, 3.8) is 0 Å². The van der Waals surface area contributed by atoms with Crippen LogP contribution in [0.1, 0.15) is 38.3 Å². The molecule has 3 heteroatoms. The van der Waals surface area contributed by atoms with E-state index in [0.29, 0.717) is 17.8 Å². The first-order valence-corrected chi connectivity index (χ1v) is 7.35. The summed E-state index contributed by atoms with van der Waals surface area (Å²) >= 11 is 0. The van der Waals surface area contributed by atoms with Gasteiger partial charge in [-0.25, -0.2) is 0 Å². The first-order chi connectivity index (χ1) is 9.13. The highest BCUT2D eigenvalue weighted by atomic mass is 16.3. The van der Waals surface area contributed by atoms with Gasteiger partial charge in [-0.2, -0.15) is 0 Å². The van der Waals surface area contributed by atoms with E-state index < -0.39 is 0 Å². The molecule has 1 aliphatic heterocycles. The number of para-hydroxylation sites is 1. The third-order valence-electron chi connectivity index (χ3n) is 4.18. The molecule has 0 aromatic heterocycles. The second kappa shape index (κ2) is 6.40. The molecule has 3 nitrogen and oxygen atoms in total. The number of phenols is 1. The quantitative estimate of drug-likeness (QED) is 0.907. The third kappa shape index (κ3) is 3.28. The lowest BCUT2D eigenvalue weighted by Crippen LogP contribution is -2.40. The van der Waals surface area contributed by atoms with Crippen LogP contribution in [0.25, 0.3) is 0 Å². The SMILES string of the molecule is CCC(c1ccccc1O)N1CCCN(C)CC1C. The summed E-state index contributed by atoms with van der Waals surface area (Å²) in [6, 6.07) is 8.62. The molecule has 19 heavy (non-hydrogen) atoms. The van der Waals surface area contributed by atoms with E-state index in [1.807, 2.05) is 12.1 Å². The molecule has 1 N–H and O–H groups in total. The van der Waals surface area contributed by atoms with Crippen LogP contribution in [0.5, 0.6) is 5.75 Å². The van der Waals surface area contributed by atoms with Crippen molar-refractivity contribution in [3.05, 3.63) is 29.8 Å². The maximum absolute atomic E-state index is 10.1. The molecule has 0 bridgehead atoms. The van der Waals surface area contributed by atoms with Gasteiger partial charge in [-0.3, -0.25) is 4.90 Å². The third-order valence-corrected chi connectivity index (χ3v) is 4.18. The fourth-order valence-electron chi connectivity index (χ4n) is 3.26. The molecule has 1 saturated heterocycles. The molecule has 1 aromatic carbocycles. The van der Waals surface area contributed by atoms with E-state index in [0.717, 1.165) is 31.6 Å². The summed E-state index contributed by atoms with van der Waals surface area (Å²) in [4.78, 5) is 4.96. The minimum Gasteiger partial charge on any atom is -0.508 e. The second-order valence-corrected chi connectivity index (χ2v) is 5.69. The minimum absolute atomic E-state index is 0.322. The molecular formula is C16H26N2O. The Bertz CT molecular complexity index is 407. The Kier molecular flexibility index (Phi) is 4.83. The lowest BCUT2D eigenvalue weighted by Gasteiger charge is -2.35. The van der Waals surface area contributed by atoms with Gasteiger partial charge in [-0.1, -0.05) is 25.1 Å². The number of phenolic OH excluding ortho intramolecular Hbond substituents is 1. The zero-order valence-corrected chi connectivity index (χ0v) is 12.3. The van der Waals surface area contributed by atoms with Crippen LogP contribution >= 0.6 is 0 Å². The van der Waals surface area contributed by atoms with Crippen molar-refractivity contribution in [2.75, 3.05) is 26.7 Å². The Hall–Kier alpha value is -1.06. The van der Waals surface area contributed by atoms with Crippen LogP contribution < -0.4 is 0 Å². The minimum atomic E-state index is 0.322. The van der Waals surface area contributed by atoms with Crippen LogP contribution in [-0.2, 0) is 0 Å². The van der Waals surface area contributed by atoms with Crippen LogP contribution in [0.2, 0.25) is 0 Å². The molecule has 0 aliphatic carbocycles. The standard InChI is InChI=1S/C16H26N2O/c1-4-15(14-8-5-6-9-16(14)19)18-11-7-10-17(3)12-13(18)2/h5-6,8-9,13,15,19H,4,7,10-12H2,1-3H3. The van der Waals surface area contributed by atoms with Gasteiger partial charge in [0.25, 0.3) is 0 Å². The monoisotopic (exact) mass is 262 g/mol. The first kappa shape index (κ1) is 14.4. The Balaban J connectivity index is 2.23. The van der Waals surface area contributed by atoms with Crippen molar-refractivity contribution in [2.45, 2.75) is 38.8 Å². The maximum atomic E-state index is 10.1.